The van der Waals surface area contributed by atoms with Gasteiger partial charge in [0, 0.05) is 0 Å². The fraction of sp³-hybridized carbons (Fsp3) is 0.375. The van der Waals surface area contributed by atoms with Crippen LogP contribution in [0.15, 0.2) is 46.6 Å². The number of allylic oxidation sites excluding steroid dienone is 4. The Balaban J connectivity index is 1.81. The Morgan fingerprint density at radius 2 is 1.95 bits per heavy atom. The van der Waals surface area contributed by atoms with Crippen LogP contribution in [0.4, 0.5) is 4.39 Å². The van der Waals surface area contributed by atoms with E-state index >= 15 is 0 Å². The molecule has 22 heavy (non-hydrogen) atoms. The van der Waals surface area contributed by atoms with Gasteiger partial charge in [0.25, 0.3) is 0 Å². The normalized spacial score (nSPS) is 21.9. The first kappa shape index (κ1) is 15.8. The van der Waals surface area contributed by atoms with Crippen molar-refractivity contribution in [1.82, 2.24) is 4.31 Å². The van der Waals surface area contributed by atoms with Gasteiger partial charge in [-0.2, -0.15) is 0 Å². The number of piperidine rings is 1. The molecule has 1 atom stereocenters. The topological polar surface area (TPSA) is 37.4 Å². The second-order valence-corrected chi connectivity index (χ2v) is 10.1. The van der Waals surface area contributed by atoms with E-state index in [0.29, 0.717) is 12.5 Å². The molecule has 0 radical (unpaired) electrons. The molecule has 3 rings (SSSR count). The summed E-state index contributed by atoms with van der Waals surface area (Å²) in [4.78, 5) is 0. The Labute approximate surface area is 137 Å². The Kier molecular flexibility index (Phi) is 4.44. The first-order valence-electron chi connectivity index (χ1n) is 7.25. The van der Waals surface area contributed by atoms with Crippen LogP contribution in [0.5, 0.6) is 0 Å². The summed E-state index contributed by atoms with van der Waals surface area (Å²) in [6, 6.07) is 6.65. The van der Waals surface area contributed by atoms with E-state index in [-0.39, 0.29) is 20.8 Å². The zero-order chi connectivity index (χ0) is 15.7. The molecule has 1 saturated heterocycles. The van der Waals surface area contributed by atoms with Crippen LogP contribution in [-0.4, -0.2) is 40.5 Å². The molecule has 0 spiro atoms. The van der Waals surface area contributed by atoms with Crippen molar-refractivity contribution in [2.24, 2.45) is 5.92 Å². The predicted molar refractivity (Wildman–Crippen MR) is 86.8 cm³/mol. The minimum atomic E-state index is -3.18. The molecule has 0 aromatic heterocycles. The van der Waals surface area contributed by atoms with Crippen LogP contribution in [0.2, 0.25) is 0 Å². The Bertz CT molecular complexity index is 725. The Morgan fingerprint density at radius 3 is 2.64 bits per heavy atom. The number of sulfonamides is 1. The van der Waals surface area contributed by atoms with Crippen LogP contribution in [0.1, 0.15) is 19.3 Å². The zero-order valence-corrected chi connectivity index (χ0v) is 14.9. The number of rotatable bonds is 3. The van der Waals surface area contributed by atoms with Gasteiger partial charge in [-0.05, 0) is 0 Å². The third-order valence-electron chi connectivity index (χ3n) is 3.97. The van der Waals surface area contributed by atoms with Gasteiger partial charge in [0.15, 0.2) is 0 Å². The van der Waals surface area contributed by atoms with E-state index in [1.807, 2.05) is 18.2 Å². The van der Waals surface area contributed by atoms with Crippen LogP contribution < -0.4 is 4.46 Å². The third-order valence-corrected chi connectivity index (χ3v) is 7.42. The summed E-state index contributed by atoms with van der Waals surface area (Å²) < 4.78 is 40.8. The average molecular weight is 386 g/mol. The van der Waals surface area contributed by atoms with E-state index in [0.717, 1.165) is 29.4 Å². The fourth-order valence-electron chi connectivity index (χ4n) is 2.96. The van der Waals surface area contributed by atoms with E-state index in [4.69, 9.17) is 0 Å². The van der Waals surface area contributed by atoms with Gasteiger partial charge in [0.2, 0.25) is 0 Å². The Hall–Kier alpha value is -1.10. The van der Waals surface area contributed by atoms with Gasteiger partial charge in [-0.15, -0.1) is 0 Å². The third kappa shape index (κ3) is 3.45. The fourth-order valence-corrected chi connectivity index (χ4v) is 6.11. The molecular weight excluding hydrogens is 368 g/mol. The van der Waals surface area contributed by atoms with Gasteiger partial charge in [0.1, 0.15) is 0 Å². The van der Waals surface area contributed by atoms with Gasteiger partial charge in [-0.1, -0.05) is 0 Å². The molecule has 6 heteroatoms. The number of fused-ring (bicyclic) bond motifs is 1. The van der Waals surface area contributed by atoms with Crippen LogP contribution in [0, 0.1) is 11.7 Å². The minimum absolute atomic E-state index is 0.170. The maximum atomic E-state index is 13.0. The summed E-state index contributed by atoms with van der Waals surface area (Å²) >= 11 is 0.170. The number of hydrogen-bond acceptors (Lipinski definition) is 2. The summed E-state index contributed by atoms with van der Waals surface area (Å²) in [5.41, 5.74) is 0.937. The van der Waals surface area contributed by atoms with Gasteiger partial charge in [-0.25, -0.2) is 0 Å². The van der Waals surface area contributed by atoms with Gasteiger partial charge >= 0.3 is 137 Å². The zero-order valence-electron chi connectivity index (χ0n) is 12.3. The van der Waals surface area contributed by atoms with Crippen molar-refractivity contribution in [2.75, 3.05) is 12.8 Å². The van der Waals surface area contributed by atoms with Crippen molar-refractivity contribution in [2.45, 2.75) is 19.3 Å². The predicted octanol–water partition coefficient (Wildman–Crippen LogP) is 2.00. The monoisotopic (exact) mass is 387 g/mol. The van der Waals surface area contributed by atoms with Gasteiger partial charge < -0.3 is 0 Å². The van der Waals surface area contributed by atoms with E-state index < -0.39 is 10.0 Å². The number of hydrogen-bond donors (Lipinski definition) is 0. The van der Waals surface area contributed by atoms with Gasteiger partial charge in [0.05, 0.1) is 0 Å². The molecule has 3 nitrogen and oxygen atoms in total. The molecule has 2 aliphatic rings. The van der Waals surface area contributed by atoms with Crippen molar-refractivity contribution in [1.29, 1.82) is 0 Å². The molecule has 1 aliphatic heterocycles. The summed E-state index contributed by atoms with van der Waals surface area (Å²) in [5, 5.41) is 0. The number of nitrogens with zero attached hydrogens (tertiary/aromatic N) is 1. The van der Waals surface area contributed by atoms with Crippen molar-refractivity contribution in [3.63, 3.8) is 0 Å². The quantitative estimate of drug-likeness (QED) is 0.746. The summed E-state index contributed by atoms with van der Waals surface area (Å²) in [7, 11) is -3.18. The van der Waals surface area contributed by atoms with Crippen LogP contribution in [-0.2, 0) is 10.0 Å². The average Bonchev–Trinajstić information content (AvgIpc) is 2.48. The molecular formula is C16H18FNO2SSe. The molecule has 0 bridgehead atoms. The van der Waals surface area contributed by atoms with Crippen LogP contribution >= 0.6 is 0 Å². The summed E-state index contributed by atoms with van der Waals surface area (Å²) in [6.07, 6.45) is 8.15. The van der Waals surface area contributed by atoms with Crippen molar-refractivity contribution in [3.05, 3.63) is 52.4 Å². The molecule has 1 aliphatic carbocycles. The van der Waals surface area contributed by atoms with Crippen molar-refractivity contribution in [3.8, 4) is 0 Å². The first-order chi connectivity index (χ1) is 10.4. The molecule has 0 saturated carbocycles. The summed E-state index contributed by atoms with van der Waals surface area (Å²) in [6.45, 7) is 0.591. The van der Waals surface area contributed by atoms with Crippen molar-refractivity contribution >= 4 is 29.4 Å². The molecule has 1 aromatic rings. The van der Waals surface area contributed by atoms with Crippen LogP contribution in [0.3, 0.4) is 0 Å². The van der Waals surface area contributed by atoms with Crippen LogP contribution in [0.25, 0.3) is 0 Å². The van der Waals surface area contributed by atoms with E-state index in [2.05, 4.69) is 6.08 Å². The standard InChI is InChI=1S/C16H18FNO2SSe/c1-21(19,20)18-10-2-3-12-11-15(8-9-16(12)18)22-14-6-4-13(17)5-7-14/h4-9,12H,2-3,10-11H2,1H3. The molecule has 1 fully saturated rings. The molecule has 1 aromatic carbocycles. The second-order valence-electron chi connectivity index (χ2n) is 5.66. The molecule has 1 unspecified atom stereocenters. The van der Waals surface area contributed by atoms with Gasteiger partial charge in [-0.3, -0.25) is 0 Å². The molecule has 0 N–H and O–H groups in total. The number of benzene rings is 1. The SMILES string of the molecule is CS(=O)(=O)N1CCCC2CC([Se]c3ccc(F)cc3)=CC=C21. The molecule has 1 heterocycles. The maximum absolute atomic E-state index is 13.0. The second kappa shape index (κ2) is 6.19. The van der Waals surface area contributed by atoms with Crippen molar-refractivity contribution < 1.29 is 12.8 Å². The molecule has 0 amide bonds. The Morgan fingerprint density at radius 1 is 1.23 bits per heavy atom. The van der Waals surface area contributed by atoms with E-state index in [1.54, 1.807) is 4.31 Å². The molecule has 118 valence electrons. The van der Waals surface area contributed by atoms with E-state index in [9.17, 15) is 12.8 Å². The summed E-state index contributed by atoms with van der Waals surface area (Å²) in [5.74, 6) is 0.0845. The first-order valence-corrected chi connectivity index (χ1v) is 10.8. The number of halogens is 1. The van der Waals surface area contributed by atoms with E-state index in [1.165, 1.54) is 22.9 Å².